The van der Waals surface area contributed by atoms with Crippen molar-refractivity contribution >= 4 is 5.95 Å². The molecule has 1 aromatic carbocycles. The van der Waals surface area contributed by atoms with Gasteiger partial charge in [-0.1, -0.05) is 36.8 Å². The van der Waals surface area contributed by atoms with Crippen LogP contribution in [0.5, 0.6) is 0 Å². The standard InChI is InChI=1S/C15H19N3/c1-3-13-10-18-14(7-8-16-15(18)17-13)12-6-4-5-11(2)9-12/h4-6,9-10,14H,3,7-8H2,1-2H3,(H,16,17). The summed E-state index contributed by atoms with van der Waals surface area (Å²) in [6, 6.07) is 9.22. The van der Waals surface area contributed by atoms with Gasteiger partial charge in [0.25, 0.3) is 0 Å². The van der Waals surface area contributed by atoms with Crippen molar-refractivity contribution in [2.75, 3.05) is 11.9 Å². The number of nitrogens with zero attached hydrogens (tertiary/aromatic N) is 2. The minimum atomic E-state index is 0.425. The van der Waals surface area contributed by atoms with Crippen LogP contribution in [-0.2, 0) is 6.42 Å². The lowest BCUT2D eigenvalue weighted by Crippen LogP contribution is -2.23. The van der Waals surface area contributed by atoms with Crippen LogP contribution in [0, 0.1) is 6.92 Å². The van der Waals surface area contributed by atoms with Crippen molar-refractivity contribution in [2.24, 2.45) is 0 Å². The summed E-state index contributed by atoms with van der Waals surface area (Å²) in [6.45, 7) is 5.30. The first kappa shape index (κ1) is 11.3. The first-order valence-corrected chi connectivity index (χ1v) is 6.66. The van der Waals surface area contributed by atoms with Crippen LogP contribution in [0.15, 0.2) is 30.5 Å². The second kappa shape index (κ2) is 4.48. The summed E-state index contributed by atoms with van der Waals surface area (Å²) in [5, 5.41) is 3.38. The monoisotopic (exact) mass is 241 g/mol. The van der Waals surface area contributed by atoms with Crippen LogP contribution < -0.4 is 5.32 Å². The highest BCUT2D eigenvalue weighted by atomic mass is 15.2. The van der Waals surface area contributed by atoms with Crippen LogP contribution in [0.25, 0.3) is 0 Å². The molecule has 0 spiro atoms. The largest absolute Gasteiger partial charge is 0.356 e. The van der Waals surface area contributed by atoms with Gasteiger partial charge >= 0.3 is 0 Å². The fourth-order valence-corrected chi connectivity index (χ4v) is 2.65. The number of imidazole rings is 1. The minimum absolute atomic E-state index is 0.425. The van der Waals surface area contributed by atoms with Crippen molar-refractivity contribution in [3.63, 3.8) is 0 Å². The van der Waals surface area contributed by atoms with Crippen LogP contribution in [0.4, 0.5) is 5.95 Å². The van der Waals surface area contributed by atoms with E-state index in [1.165, 1.54) is 11.1 Å². The van der Waals surface area contributed by atoms with Gasteiger partial charge in [0.05, 0.1) is 11.7 Å². The Bertz CT molecular complexity index is 557. The number of aryl methyl sites for hydroxylation is 2. The van der Waals surface area contributed by atoms with Crippen molar-refractivity contribution in [3.05, 3.63) is 47.3 Å². The molecule has 3 nitrogen and oxygen atoms in total. The number of benzene rings is 1. The Morgan fingerprint density at radius 3 is 3.11 bits per heavy atom. The molecule has 1 unspecified atom stereocenters. The summed E-state index contributed by atoms with van der Waals surface area (Å²) in [5.41, 5.74) is 3.87. The van der Waals surface area contributed by atoms with Gasteiger partial charge in [-0.15, -0.1) is 0 Å². The van der Waals surface area contributed by atoms with Gasteiger partial charge in [-0.05, 0) is 25.3 Å². The summed E-state index contributed by atoms with van der Waals surface area (Å²) in [4.78, 5) is 4.62. The summed E-state index contributed by atoms with van der Waals surface area (Å²) in [6.07, 6.45) is 4.30. The molecule has 0 aliphatic carbocycles. The van der Waals surface area contributed by atoms with Gasteiger partial charge < -0.3 is 9.88 Å². The Labute approximate surface area is 108 Å². The summed E-state index contributed by atoms with van der Waals surface area (Å²) < 4.78 is 2.29. The van der Waals surface area contributed by atoms with Crippen molar-refractivity contribution in [1.82, 2.24) is 9.55 Å². The summed E-state index contributed by atoms with van der Waals surface area (Å²) in [7, 11) is 0. The highest BCUT2D eigenvalue weighted by Gasteiger charge is 2.22. The Hall–Kier alpha value is -1.77. The molecule has 1 aliphatic rings. The maximum Gasteiger partial charge on any atom is 0.203 e. The molecule has 2 heterocycles. The highest BCUT2D eigenvalue weighted by Crippen LogP contribution is 2.30. The molecule has 3 heteroatoms. The Morgan fingerprint density at radius 2 is 2.33 bits per heavy atom. The highest BCUT2D eigenvalue weighted by molar-refractivity contribution is 5.36. The van der Waals surface area contributed by atoms with E-state index >= 15 is 0 Å². The van der Waals surface area contributed by atoms with Crippen LogP contribution in [-0.4, -0.2) is 16.1 Å². The molecule has 0 radical (unpaired) electrons. The average Bonchev–Trinajstić information content (AvgIpc) is 2.81. The Morgan fingerprint density at radius 1 is 1.44 bits per heavy atom. The SMILES string of the molecule is CCc1cn2c(n1)NCCC2c1cccc(C)c1. The third-order valence-electron chi connectivity index (χ3n) is 3.61. The van der Waals surface area contributed by atoms with E-state index in [2.05, 4.69) is 59.2 Å². The van der Waals surface area contributed by atoms with Crippen molar-refractivity contribution < 1.29 is 0 Å². The number of aromatic nitrogens is 2. The zero-order chi connectivity index (χ0) is 12.5. The fourth-order valence-electron chi connectivity index (χ4n) is 2.65. The molecule has 18 heavy (non-hydrogen) atoms. The van der Waals surface area contributed by atoms with Gasteiger partial charge in [0.1, 0.15) is 0 Å². The van der Waals surface area contributed by atoms with Gasteiger partial charge in [-0.25, -0.2) is 4.98 Å². The number of hydrogen-bond donors (Lipinski definition) is 1. The summed E-state index contributed by atoms with van der Waals surface area (Å²) in [5.74, 6) is 1.02. The number of fused-ring (bicyclic) bond motifs is 1. The molecule has 0 fully saturated rings. The zero-order valence-electron chi connectivity index (χ0n) is 11.0. The van der Waals surface area contributed by atoms with Crippen LogP contribution in [0.2, 0.25) is 0 Å². The molecular formula is C15H19N3. The smallest absolute Gasteiger partial charge is 0.203 e. The zero-order valence-corrected chi connectivity index (χ0v) is 11.0. The van der Waals surface area contributed by atoms with E-state index in [4.69, 9.17) is 0 Å². The normalized spacial score (nSPS) is 18.2. The average molecular weight is 241 g/mol. The van der Waals surface area contributed by atoms with E-state index in [1.54, 1.807) is 0 Å². The molecule has 3 rings (SSSR count). The second-order valence-electron chi connectivity index (χ2n) is 4.96. The lowest BCUT2D eigenvalue weighted by atomic mass is 10.0. The quantitative estimate of drug-likeness (QED) is 0.875. The first-order valence-electron chi connectivity index (χ1n) is 6.66. The molecule has 1 atom stereocenters. The van der Waals surface area contributed by atoms with Gasteiger partial charge in [0.15, 0.2) is 0 Å². The Balaban J connectivity index is 2.02. The van der Waals surface area contributed by atoms with E-state index in [9.17, 15) is 0 Å². The molecule has 1 N–H and O–H groups in total. The van der Waals surface area contributed by atoms with Gasteiger partial charge in [-0.2, -0.15) is 0 Å². The predicted molar refractivity (Wildman–Crippen MR) is 74.0 cm³/mol. The molecular weight excluding hydrogens is 222 g/mol. The first-order chi connectivity index (χ1) is 8.78. The van der Waals surface area contributed by atoms with Crippen molar-refractivity contribution in [1.29, 1.82) is 0 Å². The van der Waals surface area contributed by atoms with Crippen molar-refractivity contribution in [2.45, 2.75) is 32.7 Å². The van der Waals surface area contributed by atoms with E-state index < -0.39 is 0 Å². The van der Waals surface area contributed by atoms with Gasteiger partial charge in [0, 0.05) is 12.7 Å². The summed E-state index contributed by atoms with van der Waals surface area (Å²) >= 11 is 0. The van der Waals surface area contributed by atoms with E-state index in [0.29, 0.717) is 6.04 Å². The minimum Gasteiger partial charge on any atom is -0.356 e. The second-order valence-corrected chi connectivity index (χ2v) is 4.96. The third-order valence-corrected chi connectivity index (χ3v) is 3.61. The molecule has 94 valence electrons. The van der Waals surface area contributed by atoms with Crippen LogP contribution >= 0.6 is 0 Å². The number of nitrogens with one attached hydrogen (secondary N) is 1. The lowest BCUT2D eigenvalue weighted by Gasteiger charge is -2.26. The molecule has 2 aromatic rings. The molecule has 0 saturated heterocycles. The van der Waals surface area contributed by atoms with Crippen LogP contribution in [0.3, 0.4) is 0 Å². The van der Waals surface area contributed by atoms with E-state index in [0.717, 1.165) is 31.0 Å². The number of rotatable bonds is 2. The molecule has 1 aliphatic heterocycles. The van der Waals surface area contributed by atoms with Crippen molar-refractivity contribution in [3.8, 4) is 0 Å². The maximum absolute atomic E-state index is 4.62. The fraction of sp³-hybridized carbons (Fsp3) is 0.400. The van der Waals surface area contributed by atoms with E-state index in [-0.39, 0.29) is 0 Å². The van der Waals surface area contributed by atoms with Gasteiger partial charge in [-0.3, -0.25) is 0 Å². The number of anilines is 1. The third kappa shape index (κ3) is 1.90. The topological polar surface area (TPSA) is 29.9 Å². The lowest BCUT2D eigenvalue weighted by molar-refractivity contribution is 0.530. The molecule has 0 amide bonds. The predicted octanol–water partition coefficient (Wildman–Crippen LogP) is 3.16. The molecule has 1 aromatic heterocycles. The Kier molecular flexibility index (Phi) is 2.82. The molecule has 0 saturated carbocycles. The van der Waals surface area contributed by atoms with Gasteiger partial charge in [0.2, 0.25) is 5.95 Å². The maximum atomic E-state index is 4.62. The molecule has 0 bridgehead atoms. The van der Waals surface area contributed by atoms with Crippen LogP contribution in [0.1, 0.15) is 36.2 Å². The number of hydrogen-bond acceptors (Lipinski definition) is 2. The van der Waals surface area contributed by atoms with E-state index in [1.807, 2.05) is 0 Å².